The zero-order valence-corrected chi connectivity index (χ0v) is 9.05. The Morgan fingerprint density at radius 1 is 1.33 bits per heavy atom. The molecule has 1 aliphatic rings. The van der Waals surface area contributed by atoms with Gasteiger partial charge in [-0.05, 0) is 32.6 Å². The Bertz CT molecular complexity index is 409. The van der Waals surface area contributed by atoms with Gasteiger partial charge in [-0.2, -0.15) is 0 Å². The van der Waals surface area contributed by atoms with Crippen molar-refractivity contribution < 1.29 is 0 Å². The molecule has 15 heavy (non-hydrogen) atoms. The van der Waals surface area contributed by atoms with E-state index in [1.54, 1.807) is 0 Å². The minimum absolute atomic E-state index is 0.00852. The summed E-state index contributed by atoms with van der Waals surface area (Å²) in [6, 6.07) is -0.203. The van der Waals surface area contributed by atoms with Crippen LogP contribution in [0.25, 0.3) is 0 Å². The van der Waals surface area contributed by atoms with Crippen LogP contribution in [0.5, 0.6) is 0 Å². The molecule has 1 aromatic heterocycles. The van der Waals surface area contributed by atoms with E-state index in [0.717, 1.165) is 36.9 Å². The van der Waals surface area contributed by atoms with Gasteiger partial charge >= 0.3 is 0 Å². The van der Waals surface area contributed by atoms with E-state index in [2.05, 4.69) is 9.97 Å². The molecule has 0 aliphatic heterocycles. The highest BCUT2D eigenvalue weighted by Crippen LogP contribution is 2.16. The lowest BCUT2D eigenvalue weighted by Gasteiger charge is -2.09. The van der Waals surface area contributed by atoms with Crippen molar-refractivity contribution in [3.05, 3.63) is 27.4 Å². The number of fused-ring (bicyclic) bond motifs is 1. The maximum Gasteiger partial charge on any atom is 0.254 e. The van der Waals surface area contributed by atoms with Crippen molar-refractivity contribution in [3.63, 3.8) is 0 Å². The zero-order valence-electron chi connectivity index (χ0n) is 9.05. The lowest BCUT2D eigenvalue weighted by Crippen LogP contribution is -2.23. The monoisotopic (exact) mass is 207 g/mol. The second-order valence-electron chi connectivity index (χ2n) is 4.23. The van der Waals surface area contributed by atoms with Gasteiger partial charge in [0.15, 0.2) is 0 Å². The molecule has 4 nitrogen and oxygen atoms in total. The van der Waals surface area contributed by atoms with Crippen LogP contribution in [0.1, 0.15) is 49.3 Å². The molecule has 0 spiro atoms. The zero-order chi connectivity index (χ0) is 10.8. The van der Waals surface area contributed by atoms with E-state index in [1.165, 1.54) is 6.42 Å². The van der Waals surface area contributed by atoms with Crippen LogP contribution in [0.15, 0.2) is 4.79 Å². The third-order valence-electron chi connectivity index (χ3n) is 2.89. The number of H-pyrrole nitrogens is 1. The lowest BCUT2D eigenvalue weighted by molar-refractivity contribution is 0.699. The summed E-state index contributed by atoms with van der Waals surface area (Å²) < 4.78 is 0. The number of aromatic nitrogens is 2. The summed E-state index contributed by atoms with van der Waals surface area (Å²) in [6.07, 6.45) is 5.18. The number of aromatic amines is 1. The van der Waals surface area contributed by atoms with E-state index in [9.17, 15) is 4.79 Å². The third kappa shape index (κ3) is 2.09. The molecule has 1 heterocycles. The van der Waals surface area contributed by atoms with Crippen molar-refractivity contribution in [2.75, 3.05) is 0 Å². The Morgan fingerprint density at radius 3 is 2.80 bits per heavy atom. The van der Waals surface area contributed by atoms with E-state index in [1.807, 2.05) is 6.92 Å². The van der Waals surface area contributed by atoms with Crippen LogP contribution >= 0.6 is 0 Å². The molecular formula is C11H17N3O. The van der Waals surface area contributed by atoms with E-state index in [-0.39, 0.29) is 11.6 Å². The van der Waals surface area contributed by atoms with Gasteiger partial charge in [-0.1, -0.05) is 6.42 Å². The summed E-state index contributed by atoms with van der Waals surface area (Å²) in [4.78, 5) is 19.0. The second-order valence-corrected chi connectivity index (χ2v) is 4.23. The van der Waals surface area contributed by atoms with Crippen LogP contribution in [0.2, 0.25) is 0 Å². The summed E-state index contributed by atoms with van der Waals surface area (Å²) in [6.45, 7) is 1.83. The molecule has 0 aromatic carbocycles. The highest BCUT2D eigenvalue weighted by molar-refractivity contribution is 5.20. The normalized spacial score (nSPS) is 18.0. The largest absolute Gasteiger partial charge is 0.322 e. The van der Waals surface area contributed by atoms with Crippen molar-refractivity contribution in [3.8, 4) is 0 Å². The lowest BCUT2D eigenvalue weighted by atomic mass is 10.1. The van der Waals surface area contributed by atoms with E-state index in [0.29, 0.717) is 5.82 Å². The smallest absolute Gasteiger partial charge is 0.254 e. The topological polar surface area (TPSA) is 71.8 Å². The Balaban J connectivity index is 2.49. The quantitative estimate of drug-likeness (QED) is 0.676. The molecule has 4 heteroatoms. The molecule has 0 radical (unpaired) electrons. The van der Waals surface area contributed by atoms with Crippen molar-refractivity contribution in [1.82, 2.24) is 9.97 Å². The summed E-state index contributed by atoms with van der Waals surface area (Å²) in [5, 5.41) is 0. The van der Waals surface area contributed by atoms with E-state index < -0.39 is 0 Å². The van der Waals surface area contributed by atoms with Crippen molar-refractivity contribution in [2.45, 2.75) is 45.1 Å². The minimum atomic E-state index is -0.203. The summed E-state index contributed by atoms with van der Waals surface area (Å²) in [7, 11) is 0. The summed E-state index contributed by atoms with van der Waals surface area (Å²) >= 11 is 0. The van der Waals surface area contributed by atoms with Gasteiger partial charge in [0.25, 0.3) is 5.56 Å². The highest BCUT2D eigenvalue weighted by atomic mass is 16.1. The molecule has 82 valence electrons. The molecular weight excluding hydrogens is 190 g/mol. The van der Waals surface area contributed by atoms with Crippen LogP contribution in [-0.4, -0.2) is 9.97 Å². The SMILES string of the molecule is CC(N)c1nc2c(c(=O)[nH]1)CCCCC2. The van der Waals surface area contributed by atoms with Gasteiger partial charge in [0, 0.05) is 5.56 Å². The fourth-order valence-electron chi connectivity index (χ4n) is 2.01. The highest BCUT2D eigenvalue weighted by Gasteiger charge is 2.15. The number of nitrogens with two attached hydrogens (primary N) is 1. The predicted octanol–water partition coefficient (Wildman–Crippen LogP) is 1.06. The second kappa shape index (κ2) is 4.14. The molecule has 1 atom stereocenters. The summed E-state index contributed by atoms with van der Waals surface area (Å²) in [5.41, 5.74) is 7.56. The van der Waals surface area contributed by atoms with Gasteiger partial charge in [-0.25, -0.2) is 4.98 Å². The molecule has 1 aliphatic carbocycles. The molecule has 0 saturated heterocycles. The third-order valence-corrected chi connectivity index (χ3v) is 2.89. The minimum Gasteiger partial charge on any atom is -0.322 e. The average molecular weight is 207 g/mol. The van der Waals surface area contributed by atoms with Gasteiger partial charge in [0.1, 0.15) is 5.82 Å². The van der Waals surface area contributed by atoms with Crippen LogP contribution in [-0.2, 0) is 12.8 Å². The standard InChI is InChI=1S/C11H17N3O/c1-7(12)10-13-9-6-4-2-3-5-8(9)11(15)14-10/h7H,2-6,12H2,1H3,(H,13,14,15). The van der Waals surface area contributed by atoms with Gasteiger partial charge in [-0.3, -0.25) is 4.79 Å². The number of hydrogen-bond acceptors (Lipinski definition) is 3. The number of hydrogen-bond donors (Lipinski definition) is 2. The van der Waals surface area contributed by atoms with Crippen LogP contribution < -0.4 is 11.3 Å². The van der Waals surface area contributed by atoms with Crippen molar-refractivity contribution >= 4 is 0 Å². The first-order chi connectivity index (χ1) is 7.18. The molecule has 0 fully saturated rings. The first-order valence-corrected chi connectivity index (χ1v) is 5.56. The fraction of sp³-hybridized carbons (Fsp3) is 0.636. The summed E-state index contributed by atoms with van der Waals surface area (Å²) in [5.74, 6) is 0.612. The molecule has 0 amide bonds. The predicted molar refractivity (Wildman–Crippen MR) is 58.7 cm³/mol. The van der Waals surface area contributed by atoms with E-state index in [4.69, 9.17) is 5.73 Å². The average Bonchev–Trinajstić information content (AvgIpc) is 2.42. The molecule has 0 bridgehead atoms. The van der Waals surface area contributed by atoms with E-state index >= 15 is 0 Å². The van der Waals surface area contributed by atoms with Crippen molar-refractivity contribution in [2.24, 2.45) is 5.73 Å². The number of nitrogens with one attached hydrogen (secondary N) is 1. The fourth-order valence-corrected chi connectivity index (χ4v) is 2.01. The van der Waals surface area contributed by atoms with Crippen LogP contribution in [0.4, 0.5) is 0 Å². The maximum absolute atomic E-state index is 11.8. The van der Waals surface area contributed by atoms with Gasteiger partial charge in [0.05, 0.1) is 11.7 Å². The first-order valence-electron chi connectivity index (χ1n) is 5.56. The molecule has 3 N–H and O–H groups in total. The maximum atomic E-state index is 11.8. The molecule has 2 rings (SSSR count). The Labute approximate surface area is 88.9 Å². The Kier molecular flexibility index (Phi) is 2.86. The van der Waals surface area contributed by atoms with Gasteiger partial charge in [0.2, 0.25) is 0 Å². The Hall–Kier alpha value is -1.16. The number of aryl methyl sites for hydroxylation is 1. The van der Waals surface area contributed by atoms with Crippen LogP contribution in [0.3, 0.4) is 0 Å². The molecule has 0 saturated carbocycles. The van der Waals surface area contributed by atoms with Gasteiger partial charge in [-0.15, -0.1) is 0 Å². The van der Waals surface area contributed by atoms with Gasteiger partial charge < -0.3 is 10.7 Å². The number of nitrogens with zero attached hydrogens (tertiary/aromatic N) is 1. The number of rotatable bonds is 1. The molecule has 1 unspecified atom stereocenters. The van der Waals surface area contributed by atoms with Crippen LogP contribution in [0, 0.1) is 0 Å². The van der Waals surface area contributed by atoms with Crippen molar-refractivity contribution in [1.29, 1.82) is 0 Å². The Morgan fingerprint density at radius 2 is 2.07 bits per heavy atom. The molecule has 1 aromatic rings. The first kappa shape index (κ1) is 10.4.